The van der Waals surface area contributed by atoms with Crippen molar-refractivity contribution >= 4 is 34.5 Å². The molecule has 1 saturated heterocycles. The normalized spacial score (nSPS) is 19.4. The van der Waals surface area contributed by atoms with Gasteiger partial charge in [0.15, 0.2) is 0 Å². The Morgan fingerprint density at radius 2 is 1.95 bits per heavy atom. The number of allylic oxidation sites excluding steroid dienone is 3. The average molecular weight is 534 g/mol. The highest BCUT2D eigenvalue weighted by molar-refractivity contribution is 6.08. The molecular formula is C29H43N9O. The number of hydrogen-bond donors (Lipinski definition) is 5. The molecule has 1 amide bonds. The van der Waals surface area contributed by atoms with Gasteiger partial charge in [-0.05, 0) is 68.8 Å². The first kappa shape index (κ1) is 29.6. The van der Waals surface area contributed by atoms with Crippen LogP contribution in [0.15, 0.2) is 54.3 Å². The summed E-state index contributed by atoms with van der Waals surface area (Å²) in [6.45, 7) is 13.5. The van der Waals surface area contributed by atoms with E-state index < -0.39 is 0 Å². The van der Waals surface area contributed by atoms with Crippen LogP contribution in [0.3, 0.4) is 0 Å². The topological polar surface area (TPSA) is 149 Å². The van der Waals surface area contributed by atoms with Gasteiger partial charge in [-0.25, -0.2) is 4.98 Å². The Kier molecular flexibility index (Phi) is 10.4. The summed E-state index contributed by atoms with van der Waals surface area (Å²) in [5, 5.41) is 14.4. The van der Waals surface area contributed by atoms with Crippen LogP contribution in [0.25, 0.3) is 16.6 Å². The van der Waals surface area contributed by atoms with Crippen LogP contribution < -0.4 is 22.1 Å². The van der Waals surface area contributed by atoms with Gasteiger partial charge in [-0.15, -0.1) is 0 Å². The van der Waals surface area contributed by atoms with E-state index in [1.807, 2.05) is 43.1 Å². The maximum atomic E-state index is 11.9. The molecule has 3 heterocycles. The van der Waals surface area contributed by atoms with Crippen molar-refractivity contribution in [3.8, 4) is 0 Å². The number of pyridine rings is 2. The van der Waals surface area contributed by atoms with E-state index in [1.54, 1.807) is 25.4 Å². The standard InChI is InChI=1S/C29H43N9O/c1-19(2)23(13-30)12-28(32)36-29-8-7-26-27(35-29)11-24(16-34-26)25(14-31)15-33-9-6-10-37-17-20(3)38(22(5)39)21(4)18-37/h7-8,11-16,19-21,31,33H,6,9-10,17-18,30,32H2,1-5H3,(H,35,36)/b23-13+,25-15+,28-12+,31-14?/t20-,21+. The summed E-state index contributed by atoms with van der Waals surface area (Å²) in [6.07, 6.45) is 9.24. The van der Waals surface area contributed by atoms with E-state index >= 15 is 0 Å². The zero-order chi connectivity index (χ0) is 28.5. The van der Waals surface area contributed by atoms with Crippen molar-refractivity contribution in [1.29, 1.82) is 5.41 Å². The Bertz CT molecular complexity index is 1240. The molecule has 210 valence electrons. The lowest BCUT2D eigenvalue weighted by molar-refractivity contribution is -0.136. The highest BCUT2D eigenvalue weighted by atomic mass is 16.2. The first-order valence-electron chi connectivity index (χ1n) is 13.5. The number of amides is 1. The number of anilines is 1. The van der Waals surface area contributed by atoms with Crippen LogP contribution in [0.4, 0.5) is 5.82 Å². The van der Waals surface area contributed by atoms with Crippen LogP contribution in [0.2, 0.25) is 0 Å². The minimum absolute atomic E-state index is 0.146. The second kappa shape index (κ2) is 13.7. The van der Waals surface area contributed by atoms with Crippen molar-refractivity contribution in [3.05, 3.63) is 59.8 Å². The van der Waals surface area contributed by atoms with Crippen molar-refractivity contribution in [2.75, 3.05) is 31.5 Å². The summed E-state index contributed by atoms with van der Waals surface area (Å²) in [4.78, 5) is 25.5. The van der Waals surface area contributed by atoms with Gasteiger partial charge < -0.3 is 32.4 Å². The lowest BCUT2D eigenvalue weighted by Crippen LogP contribution is -2.58. The Morgan fingerprint density at radius 3 is 2.56 bits per heavy atom. The third-order valence-corrected chi connectivity index (χ3v) is 6.89. The molecule has 0 aliphatic carbocycles. The first-order chi connectivity index (χ1) is 18.6. The minimum atomic E-state index is 0.146. The molecule has 2 atom stereocenters. The third kappa shape index (κ3) is 8.03. The fourth-order valence-corrected chi connectivity index (χ4v) is 5.04. The van der Waals surface area contributed by atoms with Gasteiger partial charge in [-0.2, -0.15) is 0 Å². The summed E-state index contributed by atoms with van der Waals surface area (Å²) in [7, 11) is 0. The molecule has 1 fully saturated rings. The van der Waals surface area contributed by atoms with Gasteiger partial charge in [0, 0.05) is 68.4 Å². The van der Waals surface area contributed by atoms with Gasteiger partial charge in [0.1, 0.15) is 11.6 Å². The van der Waals surface area contributed by atoms with Crippen LogP contribution in [0.1, 0.15) is 46.6 Å². The number of rotatable bonds is 11. The van der Waals surface area contributed by atoms with Crippen molar-refractivity contribution in [2.24, 2.45) is 17.4 Å². The zero-order valence-corrected chi connectivity index (χ0v) is 23.7. The van der Waals surface area contributed by atoms with Crippen molar-refractivity contribution in [2.45, 2.75) is 53.1 Å². The molecular weight excluding hydrogens is 490 g/mol. The second-order valence-electron chi connectivity index (χ2n) is 10.4. The Labute approximate surface area is 231 Å². The number of carbonyl (C=O) groups excluding carboxylic acids is 1. The van der Waals surface area contributed by atoms with E-state index in [-0.39, 0.29) is 23.9 Å². The van der Waals surface area contributed by atoms with Crippen LogP contribution in [0.5, 0.6) is 0 Å². The van der Waals surface area contributed by atoms with E-state index in [4.69, 9.17) is 16.9 Å². The number of piperazine rings is 1. The maximum absolute atomic E-state index is 11.9. The fourth-order valence-electron chi connectivity index (χ4n) is 5.04. The number of nitrogens with two attached hydrogens (primary N) is 2. The summed E-state index contributed by atoms with van der Waals surface area (Å²) in [5.41, 5.74) is 15.8. The lowest BCUT2D eigenvalue weighted by Gasteiger charge is -2.44. The molecule has 0 spiro atoms. The second-order valence-corrected chi connectivity index (χ2v) is 10.4. The Morgan fingerprint density at radius 1 is 1.23 bits per heavy atom. The van der Waals surface area contributed by atoms with E-state index in [0.717, 1.165) is 54.8 Å². The number of fused-ring (bicyclic) bond motifs is 1. The molecule has 3 rings (SSSR count). The molecule has 0 saturated carbocycles. The number of carbonyl (C=O) groups is 1. The van der Waals surface area contributed by atoms with Crippen LogP contribution in [0, 0.1) is 11.3 Å². The van der Waals surface area contributed by atoms with Crippen molar-refractivity contribution < 1.29 is 4.79 Å². The lowest BCUT2D eigenvalue weighted by atomic mass is 10.0. The van der Waals surface area contributed by atoms with Gasteiger partial charge in [-0.3, -0.25) is 14.7 Å². The maximum Gasteiger partial charge on any atom is 0.220 e. The van der Waals surface area contributed by atoms with Crippen molar-refractivity contribution in [3.63, 3.8) is 0 Å². The smallest absolute Gasteiger partial charge is 0.220 e. The van der Waals surface area contributed by atoms with Gasteiger partial charge >= 0.3 is 0 Å². The predicted molar refractivity (Wildman–Crippen MR) is 160 cm³/mol. The van der Waals surface area contributed by atoms with E-state index in [1.165, 1.54) is 6.21 Å². The molecule has 2 aromatic rings. The highest BCUT2D eigenvalue weighted by Crippen LogP contribution is 2.20. The zero-order valence-electron chi connectivity index (χ0n) is 23.7. The summed E-state index contributed by atoms with van der Waals surface area (Å²) >= 11 is 0. The SMILES string of the molecule is CC(=O)N1[C@H](C)CN(CCCN/C=C(\C=N)c2cnc3ccc(N/C(N)=C/C(=C\N)C(C)C)nc3c2)C[C@@H]1C. The number of aromatic nitrogens is 2. The molecule has 1 aliphatic rings. The number of hydrogen-bond acceptors (Lipinski definition) is 9. The summed E-state index contributed by atoms with van der Waals surface area (Å²) < 4.78 is 0. The first-order valence-corrected chi connectivity index (χ1v) is 13.5. The van der Waals surface area contributed by atoms with E-state index in [2.05, 4.69) is 39.3 Å². The molecule has 0 bridgehead atoms. The largest absolute Gasteiger partial charge is 0.404 e. The van der Waals surface area contributed by atoms with Gasteiger partial charge in [0.2, 0.25) is 5.91 Å². The molecule has 1 aliphatic heterocycles. The Hall–Kier alpha value is -3.92. The number of nitrogens with zero attached hydrogens (tertiary/aromatic N) is 4. The summed E-state index contributed by atoms with van der Waals surface area (Å²) in [5.74, 6) is 1.45. The molecule has 2 aromatic heterocycles. The molecule has 39 heavy (non-hydrogen) atoms. The third-order valence-electron chi connectivity index (χ3n) is 6.89. The molecule has 0 aromatic carbocycles. The van der Waals surface area contributed by atoms with Crippen LogP contribution >= 0.6 is 0 Å². The van der Waals surface area contributed by atoms with Gasteiger partial charge in [-0.1, -0.05) is 13.8 Å². The molecule has 7 N–H and O–H groups in total. The van der Waals surface area contributed by atoms with Crippen molar-refractivity contribution in [1.82, 2.24) is 25.1 Å². The molecule has 10 heteroatoms. The van der Waals surface area contributed by atoms with E-state index in [0.29, 0.717) is 17.2 Å². The quantitative estimate of drug-likeness (QED) is 0.168. The number of nitrogens with one attached hydrogen (secondary N) is 3. The average Bonchev–Trinajstić information content (AvgIpc) is 2.88. The minimum Gasteiger partial charge on any atom is -0.404 e. The molecule has 0 unspecified atom stereocenters. The van der Waals surface area contributed by atoms with Crippen LogP contribution in [-0.4, -0.2) is 70.2 Å². The molecule has 0 radical (unpaired) electrons. The van der Waals surface area contributed by atoms with Gasteiger partial charge in [0.05, 0.1) is 11.0 Å². The monoisotopic (exact) mass is 533 g/mol. The predicted octanol–water partition coefficient (Wildman–Crippen LogP) is 3.25. The fraction of sp³-hybridized carbons (Fsp3) is 0.448. The van der Waals surface area contributed by atoms with Crippen LogP contribution in [-0.2, 0) is 4.79 Å². The van der Waals surface area contributed by atoms with E-state index in [9.17, 15) is 4.79 Å². The Balaban J connectivity index is 1.60. The summed E-state index contributed by atoms with van der Waals surface area (Å²) in [6, 6.07) is 6.08. The van der Waals surface area contributed by atoms with Gasteiger partial charge in [0.25, 0.3) is 0 Å². The highest BCUT2D eigenvalue weighted by Gasteiger charge is 2.30. The molecule has 10 nitrogen and oxygen atoms in total.